The van der Waals surface area contributed by atoms with E-state index in [0.717, 1.165) is 46.6 Å². The number of likely N-dealkylation sites (N-methyl/N-ethyl adjacent to an activating group) is 1. The molecule has 0 unspecified atom stereocenters. The lowest BCUT2D eigenvalue weighted by Gasteiger charge is -2.22. The Bertz CT molecular complexity index is 1000. The van der Waals surface area contributed by atoms with Gasteiger partial charge in [0.15, 0.2) is 4.77 Å². The second-order valence-electron chi connectivity index (χ2n) is 8.24. The summed E-state index contributed by atoms with van der Waals surface area (Å²) < 4.78 is 5.32. The van der Waals surface area contributed by atoms with E-state index in [1.807, 2.05) is 36.7 Å². The minimum Gasteiger partial charge on any atom is -0.373 e. The van der Waals surface area contributed by atoms with E-state index in [0.29, 0.717) is 0 Å². The molecule has 4 nitrogen and oxygen atoms in total. The van der Waals surface area contributed by atoms with Crippen LogP contribution in [0.5, 0.6) is 0 Å². The first-order chi connectivity index (χ1) is 14.6. The molecule has 1 saturated carbocycles. The summed E-state index contributed by atoms with van der Waals surface area (Å²) in [7, 11) is 2.11. The molecule has 2 heterocycles. The molecule has 0 atom stereocenters. The van der Waals surface area contributed by atoms with Gasteiger partial charge >= 0.3 is 0 Å². The van der Waals surface area contributed by atoms with E-state index in [4.69, 9.17) is 23.8 Å². The monoisotopic (exact) mass is 440 g/mol. The normalized spacial score (nSPS) is 14.7. The second kappa shape index (κ2) is 9.80. The third-order valence-corrected chi connectivity index (χ3v) is 6.79. The lowest BCUT2D eigenvalue weighted by molar-refractivity contribution is 0.353. The van der Waals surface area contributed by atoms with E-state index < -0.39 is 0 Å². The molecule has 0 aliphatic heterocycles. The summed E-state index contributed by atoms with van der Waals surface area (Å²) in [5.41, 5.74) is 3.56. The molecular weight excluding hydrogens is 412 g/mol. The molecule has 1 aromatic carbocycles. The van der Waals surface area contributed by atoms with Gasteiger partial charge in [-0.15, -0.1) is 0 Å². The Morgan fingerprint density at radius 3 is 2.47 bits per heavy atom. The van der Waals surface area contributed by atoms with Gasteiger partial charge in [0.2, 0.25) is 0 Å². The quantitative estimate of drug-likeness (QED) is 0.402. The molecule has 0 spiro atoms. The highest BCUT2D eigenvalue weighted by Crippen LogP contribution is 2.28. The van der Waals surface area contributed by atoms with Gasteiger partial charge in [0.05, 0.1) is 0 Å². The molecule has 0 saturated heterocycles. The fourth-order valence-electron chi connectivity index (χ4n) is 4.39. The highest BCUT2D eigenvalue weighted by atomic mass is 35.5. The molecule has 158 valence electrons. The predicted octanol–water partition coefficient (Wildman–Crippen LogP) is 6.32. The van der Waals surface area contributed by atoms with E-state index in [1.165, 1.54) is 37.8 Å². The van der Waals surface area contributed by atoms with Gasteiger partial charge < -0.3 is 9.47 Å². The van der Waals surface area contributed by atoms with Crippen molar-refractivity contribution in [3.63, 3.8) is 0 Å². The number of imidazole rings is 1. The summed E-state index contributed by atoms with van der Waals surface area (Å²) in [5, 5.41) is 0.748. The van der Waals surface area contributed by atoms with Crippen molar-refractivity contribution in [1.29, 1.82) is 0 Å². The average molecular weight is 441 g/mol. The van der Waals surface area contributed by atoms with Crippen LogP contribution in [0.25, 0.3) is 5.69 Å². The minimum absolute atomic E-state index is 0.748. The molecule has 0 radical (unpaired) electrons. The summed E-state index contributed by atoms with van der Waals surface area (Å²) >= 11 is 12.1. The van der Waals surface area contributed by atoms with Gasteiger partial charge in [-0.1, -0.05) is 43.7 Å². The first kappa shape index (κ1) is 21.1. The number of anilines is 1. The van der Waals surface area contributed by atoms with E-state index >= 15 is 0 Å². The molecule has 0 N–H and O–H groups in total. The van der Waals surface area contributed by atoms with Crippen LogP contribution in [0.15, 0.2) is 55.0 Å². The molecule has 0 amide bonds. The van der Waals surface area contributed by atoms with Crippen LogP contribution in [0.1, 0.15) is 37.8 Å². The van der Waals surface area contributed by atoms with E-state index in [2.05, 4.69) is 44.4 Å². The van der Waals surface area contributed by atoms with Crippen LogP contribution >= 0.6 is 23.8 Å². The van der Waals surface area contributed by atoms with Crippen molar-refractivity contribution in [2.45, 2.75) is 45.1 Å². The SMILES string of the molecule is CN(CCn1cc(CC2CCCCC2)n(-c2ccc(Cl)cc2)c1=S)c1ccncc1. The van der Waals surface area contributed by atoms with Crippen molar-refractivity contribution in [3.8, 4) is 5.69 Å². The molecule has 0 bridgehead atoms. The smallest absolute Gasteiger partial charge is 0.184 e. The van der Waals surface area contributed by atoms with E-state index in [9.17, 15) is 0 Å². The van der Waals surface area contributed by atoms with Crippen LogP contribution in [0.2, 0.25) is 5.02 Å². The standard InChI is InChI=1S/C24H29ClN4S/c1-27(21-11-13-26-14-12-21)15-16-28-18-23(17-19-5-3-2-4-6-19)29(24(28)30)22-9-7-20(25)8-10-22/h7-14,18-19H,2-6,15-17H2,1H3. The Labute approximate surface area is 189 Å². The van der Waals surface area contributed by atoms with Crippen molar-refractivity contribution in [2.24, 2.45) is 5.92 Å². The molecule has 6 heteroatoms. The Hall–Kier alpha value is -2.11. The second-order valence-corrected chi connectivity index (χ2v) is 9.04. The largest absolute Gasteiger partial charge is 0.373 e. The van der Waals surface area contributed by atoms with Gasteiger partial charge in [-0.2, -0.15) is 0 Å². The first-order valence-corrected chi connectivity index (χ1v) is 11.6. The minimum atomic E-state index is 0.748. The molecule has 30 heavy (non-hydrogen) atoms. The average Bonchev–Trinajstić information content (AvgIpc) is 3.09. The van der Waals surface area contributed by atoms with Crippen molar-refractivity contribution in [2.75, 3.05) is 18.5 Å². The van der Waals surface area contributed by atoms with Crippen molar-refractivity contribution < 1.29 is 0 Å². The van der Waals surface area contributed by atoms with Gasteiger partial charge in [-0.3, -0.25) is 9.55 Å². The zero-order chi connectivity index (χ0) is 20.9. The van der Waals surface area contributed by atoms with Crippen molar-refractivity contribution in [3.05, 3.63) is 70.5 Å². The Balaban J connectivity index is 1.59. The van der Waals surface area contributed by atoms with E-state index in [-0.39, 0.29) is 0 Å². The first-order valence-electron chi connectivity index (χ1n) is 10.8. The number of hydrogen-bond donors (Lipinski definition) is 0. The number of hydrogen-bond acceptors (Lipinski definition) is 3. The zero-order valence-corrected chi connectivity index (χ0v) is 19.1. The third-order valence-electron chi connectivity index (χ3n) is 6.12. The maximum absolute atomic E-state index is 6.13. The van der Waals surface area contributed by atoms with Crippen LogP contribution in [-0.2, 0) is 13.0 Å². The van der Waals surface area contributed by atoms with Gasteiger partial charge in [-0.05, 0) is 61.0 Å². The molecule has 1 fully saturated rings. The molecule has 3 aromatic rings. The maximum Gasteiger partial charge on any atom is 0.184 e. The summed E-state index contributed by atoms with van der Waals surface area (Å²) in [6.07, 6.45) is 13.7. The molecule has 1 aliphatic carbocycles. The highest BCUT2D eigenvalue weighted by Gasteiger charge is 2.18. The zero-order valence-electron chi connectivity index (χ0n) is 17.5. The maximum atomic E-state index is 6.13. The number of halogens is 1. The lowest BCUT2D eigenvalue weighted by Crippen LogP contribution is -2.22. The number of benzene rings is 1. The van der Waals surface area contributed by atoms with Crippen LogP contribution in [0, 0.1) is 10.7 Å². The van der Waals surface area contributed by atoms with Crippen LogP contribution in [0.4, 0.5) is 5.69 Å². The Morgan fingerprint density at radius 1 is 1.07 bits per heavy atom. The highest BCUT2D eigenvalue weighted by molar-refractivity contribution is 7.71. The van der Waals surface area contributed by atoms with Crippen LogP contribution in [-0.4, -0.2) is 27.7 Å². The number of rotatable bonds is 7. The summed E-state index contributed by atoms with van der Waals surface area (Å²) in [5.74, 6) is 0.752. The number of nitrogens with zero attached hydrogens (tertiary/aromatic N) is 4. The van der Waals surface area contributed by atoms with Crippen molar-refractivity contribution >= 4 is 29.5 Å². The summed E-state index contributed by atoms with van der Waals surface area (Å²) in [4.78, 5) is 6.35. The molecule has 4 rings (SSSR count). The number of pyridine rings is 1. The molecule has 2 aromatic heterocycles. The van der Waals surface area contributed by atoms with Gasteiger partial charge in [0.25, 0.3) is 0 Å². The Kier molecular flexibility index (Phi) is 6.90. The van der Waals surface area contributed by atoms with Gasteiger partial charge in [0, 0.05) is 60.8 Å². The van der Waals surface area contributed by atoms with Crippen molar-refractivity contribution in [1.82, 2.24) is 14.1 Å². The molecule has 1 aliphatic rings. The van der Waals surface area contributed by atoms with Gasteiger partial charge in [-0.25, -0.2) is 0 Å². The summed E-state index contributed by atoms with van der Waals surface area (Å²) in [6, 6.07) is 12.1. The van der Waals surface area contributed by atoms with Gasteiger partial charge in [0.1, 0.15) is 0 Å². The third kappa shape index (κ3) is 4.96. The Morgan fingerprint density at radius 2 is 1.77 bits per heavy atom. The van der Waals surface area contributed by atoms with Crippen LogP contribution < -0.4 is 4.90 Å². The lowest BCUT2D eigenvalue weighted by atomic mass is 9.86. The number of aromatic nitrogens is 3. The van der Waals surface area contributed by atoms with E-state index in [1.54, 1.807) is 0 Å². The molecular formula is C24H29ClN4S. The fraction of sp³-hybridized carbons (Fsp3) is 0.417. The van der Waals surface area contributed by atoms with Crippen LogP contribution in [0.3, 0.4) is 0 Å². The fourth-order valence-corrected chi connectivity index (χ4v) is 4.88. The predicted molar refractivity (Wildman–Crippen MR) is 127 cm³/mol. The summed E-state index contributed by atoms with van der Waals surface area (Å²) in [6.45, 7) is 1.72. The topological polar surface area (TPSA) is 26.0 Å².